The normalized spacial score (nSPS) is 11.8. The van der Waals surface area contributed by atoms with E-state index in [-0.39, 0.29) is 0 Å². The molecule has 0 fully saturated rings. The second-order valence-corrected chi connectivity index (χ2v) is 6.31. The number of rotatable bonds is 6. The van der Waals surface area contributed by atoms with Crippen molar-refractivity contribution in [2.45, 2.75) is 17.9 Å². The van der Waals surface area contributed by atoms with Gasteiger partial charge in [0.1, 0.15) is 11.5 Å². The van der Waals surface area contributed by atoms with Gasteiger partial charge in [0.15, 0.2) is 0 Å². The number of sulfonamides is 1. The van der Waals surface area contributed by atoms with Crippen LogP contribution in [-0.4, -0.2) is 27.5 Å². The number of halogens is 5. The topological polar surface area (TPSA) is 82.0 Å². The highest BCUT2D eigenvalue weighted by atomic mass is 32.2. The maximum absolute atomic E-state index is 12.6. The van der Waals surface area contributed by atoms with E-state index in [2.05, 4.69) is 13.9 Å². The lowest BCUT2D eigenvalue weighted by Gasteiger charge is -2.16. The molecule has 144 valence electrons. The fraction of sp³-hybridized carbons (Fsp3) is 0.133. The van der Waals surface area contributed by atoms with Crippen LogP contribution in [0.3, 0.4) is 0 Å². The molecule has 0 radical (unpaired) electrons. The maximum Gasteiger partial charge on any atom is 0.573 e. The molecule has 27 heavy (non-hydrogen) atoms. The molecule has 12 heteroatoms. The van der Waals surface area contributed by atoms with Crippen molar-refractivity contribution in [3.05, 3.63) is 42.5 Å². The average molecular weight is 409 g/mol. The zero-order valence-corrected chi connectivity index (χ0v) is 13.7. The van der Waals surface area contributed by atoms with E-state index in [1.165, 1.54) is 12.1 Å². The number of benzene rings is 2. The summed E-state index contributed by atoms with van der Waals surface area (Å²) >= 11 is 0. The summed E-state index contributed by atoms with van der Waals surface area (Å²) in [6.45, 7) is -3.27. The van der Waals surface area contributed by atoms with Crippen molar-refractivity contribution in [2.75, 3.05) is 0 Å². The summed E-state index contributed by atoms with van der Waals surface area (Å²) < 4.78 is 97.4. The van der Waals surface area contributed by atoms with Crippen LogP contribution in [0.5, 0.6) is 11.5 Å². The van der Waals surface area contributed by atoms with E-state index < -0.39 is 50.5 Å². The van der Waals surface area contributed by atoms with Gasteiger partial charge in [-0.3, -0.25) is 0 Å². The van der Waals surface area contributed by atoms with E-state index in [1.54, 1.807) is 0 Å². The molecule has 2 rings (SSSR count). The fourth-order valence-electron chi connectivity index (χ4n) is 2.12. The highest BCUT2D eigenvalue weighted by Crippen LogP contribution is 2.39. The molecular weight excluding hydrogens is 401 g/mol. The Bertz CT molecular complexity index is 984. The van der Waals surface area contributed by atoms with Crippen molar-refractivity contribution in [2.24, 2.45) is 4.40 Å². The van der Waals surface area contributed by atoms with Crippen LogP contribution in [0, 0.1) is 0 Å². The van der Waals surface area contributed by atoms with Crippen molar-refractivity contribution in [3.63, 3.8) is 0 Å². The third kappa shape index (κ3) is 5.25. The molecular formula is C15H8F5NO5S. The van der Waals surface area contributed by atoms with Crippen molar-refractivity contribution in [1.29, 1.82) is 0 Å². The number of alkyl halides is 5. The number of para-hydroxylation sites is 1. The van der Waals surface area contributed by atoms with Crippen LogP contribution in [0.2, 0.25) is 0 Å². The highest BCUT2D eigenvalue weighted by molar-refractivity contribution is 7.90. The number of hydrogen-bond donors (Lipinski definition) is 0. The van der Waals surface area contributed by atoms with E-state index in [0.29, 0.717) is 0 Å². The van der Waals surface area contributed by atoms with E-state index in [1.807, 2.05) is 0 Å². The Labute approximate surface area is 148 Å². The number of hydrogen-bond acceptors (Lipinski definition) is 5. The van der Waals surface area contributed by atoms with Crippen molar-refractivity contribution < 1.29 is 44.6 Å². The van der Waals surface area contributed by atoms with Crippen molar-refractivity contribution in [3.8, 4) is 22.6 Å². The lowest BCUT2D eigenvalue weighted by molar-refractivity contribution is -0.274. The molecule has 0 heterocycles. The van der Waals surface area contributed by atoms with Gasteiger partial charge in [-0.1, -0.05) is 22.6 Å². The third-order valence-electron chi connectivity index (χ3n) is 3.01. The molecule has 0 atom stereocenters. The summed E-state index contributed by atoms with van der Waals surface area (Å²) in [5.41, 5.74) is -0.902. The van der Waals surface area contributed by atoms with E-state index in [0.717, 1.165) is 36.4 Å². The van der Waals surface area contributed by atoms with Crippen molar-refractivity contribution >= 4 is 16.1 Å². The van der Waals surface area contributed by atoms with Gasteiger partial charge >= 0.3 is 13.0 Å². The molecule has 0 aliphatic heterocycles. The van der Waals surface area contributed by atoms with Gasteiger partial charge in [0.25, 0.3) is 16.1 Å². The van der Waals surface area contributed by atoms with E-state index >= 15 is 0 Å². The Kier molecular flexibility index (Phi) is 5.82. The SMILES string of the molecule is O=C=NS(=O)(=O)c1ccc(OC(F)F)cc1-c1ccccc1OC(F)(F)F. The zero-order valence-electron chi connectivity index (χ0n) is 12.9. The molecule has 0 aromatic heterocycles. The molecule has 0 aliphatic carbocycles. The standard InChI is InChI=1S/C15H8F5NO5S/c16-14(17)25-9-5-6-13(27(23,24)21-8-22)11(7-9)10-3-1-2-4-12(10)26-15(18,19)20/h1-7,14H. The lowest BCUT2D eigenvalue weighted by atomic mass is 10.0. The predicted molar refractivity (Wildman–Crippen MR) is 80.5 cm³/mol. The number of isocyanates is 1. The van der Waals surface area contributed by atoms with Crippen LogP contribution in [0.4, 0.5) is 22.0 Å². The summed E-state index contributed by atoms with van der Waals surface area (Å²) in [5.74, 6) is -1.33. The minimum absolute atomic E-state index is 0.408. The molecule has 0 unspecified atom stereocenters. The average Bonchev–Trinajstić information content (AvgIpc) is 2.53. The molecule has 0 aliphatic rings. The summed E-state index contributed by atoms with van der Waals surface area (Å²) in [4.78, 5) is 9.61. The molecule has 0 saturated heterocycles. The largest absolute Gasteiger partial charge is 0.573 e. The first-order chi connectivity index (χ1) is 12.5. The number of nitrogens with zero attached hydrogens (tertiary/aromatic N) is 1. The molecule has 2 aromatic rings. The van der Waals surface area contributed by atoms with Crippen LogP contribution in [0.1, 0.15) is 0 Å². The van der Waals surface area contributed by atoms with Gasteiger partial charge in [0.2, 0.25) is 0 Å². The van der Waals surface area contributed by atoms with Gasteiger partial charge in [-0.2, -0.15) is 17.2 Å². The molecule has 0 N–H and O–H groups in total. The second kappa shape index (κ2) is 7.72. The fourth-order valence-corrected chi connectivity index (χ4v) is 3.01. The first-order valence-corrected chi connectivity index (χ1v) is 8.25. The molecule has 6 nitrogen and oxygen atoms in total. The maximum atomic E-state index is 12.6. The van der Waals surface area contributed by atoms with E-state index in [9.17, 15) is 35.2 Å². The minimum atomic E-state index is -5.10. The van der Waals surface area contributed by atoms with Crippen LogP contribution in [0.15, 0.2) is 51.8 Å². The first-order valence-electron chi connectivity index (χ1n) is 6.81. The Morgan fingerprint density at radius 3 is 2.30 bits per heavy atom. The molecule has 0 saturated carbocycles. The van der Waals surface area contributed by atoms with Crippen LogP contribution >= 0.6 is 0 Å². The van der Waals surface area contributed by atoms with Gasteiger partial charge in [-0.05, 0) is 24.3 Å². The molecule has 0 bridgehead atoms. The number of carbonyl (C=O) groups excluding carboxylic acids is 1. The molecule has 2 aromatic carbocycles. The van der Waals surface area contributed by atoms with Crippen molar-refractivity contribution in [1.82, 2.24) is 0 Å². The highest BCUT2D eigenvalue weighted by Gasteiger charge is 2.33. The molecule has 0 spiro atoms. The van der Waals surface area contributed by atoms with E-state index in [4.69, 9.17) is 0 Å². The monoisotopic (exact) mass is 409 g/mol. The predicted octanol–water partition coefficient (Wildman–Crippen LogP) is 3.88. The van der Waals surface area contributed by atoms with Gasteiger partial charge < -0.3 is 9.47 Å². The quantitative estimate of drug-likeness (QED) is 0.411. The smallest absolute Gasteiger partial charge is 0.435 e. The van der Waals surface area contributed by atoms with Gasteiger partial charge in [0.05, 0.1) is 4.90 Å². The summed E-state index contributed by atoms with van der Waals surface area (Å²) in [7, 11) is -4.67. The third-order valence-corrected chi connectivity index (χ3v) is 4.24. The summed E-state index contributed by atoms with van der Waals surface area (Å²) in [5, 5.41) is 0. The first kappa shape index (κ1) is 20.3. The van der Waals surface area contributed by atoms with Gasteiger partial charge in [0, 0.05) is 11.1 Å². The Hall–Kier alpha value is -2.98. The lowest BCUT2D eigenvalue weighted by Crippen LogP contribution is -2.17. The molecule has 0 amide bonds. The Morgan fingerprint density at radius 1 is 1.04 bits per heavy atom. The van der Waals surface area contributed by atoms with Crippen LogP contribution < -0.4 is 9.47 Å². The Morgan fingerprint density at radius 2 is 1.70 bits per heavy atom. The van der Waals surface area contributed by atoms with Gasteiger partial charge in [-0.15, -0.1) is 13.2 Å². The second-order valence-electron chi connectivity index (χ2n) is 4.74. The minimum Gasteiger partial charge on any atom is -0.435 e. The zero-order chi connectivity index (χ0) is 20.2. The summed E-state index contributed by atoms with van der Waals surface area (Å²) in [6.07, 6.45) is -4.29. The Balaban J connectivity index is 2.75. The van der Waals surface area contributed by atoms with Crippen LogP contribution in [0.25, 0.3) is 11.1 Å². The number of ether oxygens (including phenoxy) is 2. The summed E-state index contributed by atoms with van der Waals surface area (Å²) in [6, 6.07) is 6.75. The van der Waals surface area contributed by atoms with Gasteiger partial charge in [-0.25, -0.2) is 4.79 Å². The van der Waals surface area contributed by atoms with Crippen LogP contribution in [-0.2, 0) is 14.8 Å².